The van der Waals surface area contributed by atoms with Gasteiger partial charge in [-0.15, -0.1) is 0 Å². The Morgan fingerprint density at radius 1 is 0.941 bits per heavy atom. The molecule has 0 spiro atoms. The molecule has 0 aromatic carbocycles. The molecule has 1 aliphatic rings. The summed E-state index contributed by atoms with van der Waals surface area (Å²) >= 11 is 0. The number of rotatable bonds is 6. The largest absolute Gasteiger partial charge is 0.357 e. The quantitative estimate of drug-likeness (QED) is 0.416. The minimum Gasteiger partial charge on any atom is -0.357 e. The minimum atomic E-state index is -0.295. The Morgan fingerprint density at radius 2 is 1.79 bits per heavy atom. The maximum Gasteiger partial charge on any atom is 0.247 e. The van der Waals surface area contributed by atoms with E-state index in [0.717, 1.165) is 30.0 Å². The second-order valence-corrected chi connectivity index (χ2v) is 7.99. The minimum absolute atomic E-state index is 0.295. The van der Waals surface area contributed by atoms with Crippen LogP contribution in [0.15, 0.2) is 67.8 Å². The highest BCUT2D eigenvalue weighted by molar-refractivity contribution is 5.99. The number of hydrogen-bond donors (Lipinski definition) is 2. The molecule has 0 aliphatic carbocycles. The molecule has 170 valence electrons. The van der Waals surface area contributed by atoms with Crippen molar-refractivity contribution in [3.63, 3.8) is 0 Å². The fourth-order valence-corrected chi connectivity index (χ4v) is 3.93. The number of anilines is 4. The number of aromatic nitrogens is 5. The molecule has 5 rings (SSSR count). The lowest BCUT2D eigenvalue weighted by molar-refractivity contribution is -0.111. The molecule has 0 radical (unpaired) electrons. The number of nitrogens with zero attached hydrogens (tertiary/aromatic N) is 6. The Labute approximate surface area is 197 Å². The van der Waals surface area contributed by atoms with E-state index < -0.39 is 0 Å². The Balaban J connectivity index is 1.41. The van der Waals surface area contributed by atoms with Gasteiger partial charge in [0.2, 0.25) is 11.9 Å². The summed E-state index contributed by atoms with van der Waals surface area (Å²) in [6.45, 7) is 5.58. The zero-order valence-corrected chi connectivity index (χ0v) is 18.6. The molecule has 1 amide bonds. The van der Waals surface area contributed by atoms with Crippen molar-refractivity contribution in [2.45, 2.75) is 19.3 Å². The van der Waals surface area contributed by atoms with Gasteiger partial charge in [-0.1, -0.05) is 6.58 Å². The van der Waals surface area contributed by atoms with Crippen molar-refractivity contribution in [2.24, 2.45) is 0 Å². The van der Waals surface area contributed by atoms with Crippen LogP contribution >= 0.6 is 0 Å². The van der Waals surface area contributed by atoms with Gasteiger partial charge in [0.1, 0.15) is 17.0 Å². The molecule has 4 aromatic heterocycles. The van der Waals surface area contributed by atoms with Crippen molar-refractivity contribution in [3.8, 4) is 11.4 Å². The number of pyridine rings is 3. The van der Waals surface area contributed by atoms with E-state index in [9.17, 15) is 4.79 Å². The molecular weight excluding hydrogens is 428 g/mol. The van der Waals surface area contributed by atoms with Gasteiger partial charge in [0.15, 0.2) is 0 Å². The highest BCUT2D eigenvalue weighted by atomic mass is 16.1. The van der Waals surface area contributed by atoms with E-state index in [1.165, 1.54) is 25.3 Å². The van der Waals surface area contributed by atoms with Gasteiger partial charge in [-0.05, 0) is 55.7 Å². The first kappa shape index (κ1) is 21.4. The van der Waals surface area contributed by atoms with Crippen molar-refractivity contribution in [1.82, 2.24) is 24.9 Å². The van der Waals surface area contributed by atoms with Gasteiger partial charge in [0.05, 0.1) is 17.6 Å². The van der Waals surface area contributed by atoms with Crippen molar-refractivity contribution in [3.05, 3.63) is 67.8 Å². The van der Waals surface area contributed by atoms with Gasteiger partial charge in [0, 0.05) is 42.8 Å². The Kier molecular flexibility index (Phi) is 6.07. The Morgan fingerprint density at radius 3 is 2.59 bits per heavy atom. The lowest BCUT2D eigenvalue weighted by Crippen LogP contribution is -2.29. The molecule has 34 heavy (non-hydrogen) atoms. The Hall–Kier alpha value is -4.40. The van der Waals surface area contributed by atoms with Crippen LogP contribution in [0.1, 0.15) is 19.3 Å². The van der Waals surface area contributed by atoms with Crippen molar-refractivity contribution < 1.29 is 4.79 Å². The molecule has 1 fully saturated rings. The number of carbonyl (C=O) groups excluding carboxylic acids is 1. The van der Waals surface area contributed by atoms with E-state index in [-0.39, 0.29) is 5.91 Å². The average Bonchev–Trinajstić information content (AvgIpc) is 2.89. The first-order valence-corrected chi connectivity index (χ1v) is 11.2. The predicted octanol–water partition coefficient (Wildman–Crippen LogP) is 4.34. The average molecular weight is 453 g/mol. The smallest absolute Gasteiger partial charge is 0.247 e. The highest BCUT2D eigenvalue weighted by Crippen LogP contribution is 2.27. The second kappa shape index (κ2) is 9.62. The molecule has 2 N–H and O–H groups in total. The maximum atomic E-state index is 11.7. The molecule has 0 bridgehead atoms. The molecule has 1 saturated heterocycles. The monoisotopic (exact) mass is 452 g/mol. The fourth-order valence-electron chi connectivity index (χ4n) is 3.93. The predicted molar refractivity (Wildman–Crippen MR) is 133 cm³/mol. The molecule has 4 aromatic rings. The van der Waals surface area contributed by atoms with Crippen molar-refractivity contribution in [2.75, 3.05) is 28.6 Å². The molecule has 1 aliphatic heterocycles. The number of fused-ring (bicyclic) bond motifs is 1. The van der Waals surface area contributed by atoms with Crippen LogP contribution in [-0.2, 0) is 4.79 Å². The third-order valence-electron chi connectivity index (χ3n) is 5.64. The van der Waals surface area contributed by atoms with Crippen LogP contribution in [0.25, 0.3) is 22.3 Å². The molecule has 0 saturated carbocycles. The zero-order valence-electron chi connectivity index (χ0n) is 18.6. The normalized spacial score (nSPS) is 13.5. The van der Waals surface area contributed by atoms with E-state index in [1.807, 2.05) is 18.2 Å². The van der Waals surface area contributed by atoms with Crippen LogP contribution in [0.3, 0.4) is 0 Å². The van der Waals surface area contributed by atoms with E-state index in [1.54, 1.807) is 36.9 Å². The summed E-state index contributed by atoms with van der Waals surface area (Å²) in [7, 11) is 0. The maximum absolute atomic E-state index is 11.7. The van der Waals surface area contributed by atoms with Crippen LogP contribution in [-0.4, -0.2) is 43.9 Å². The number of piperidine rings is 1. The summed E-state index contributed by atoms with van der Waals surface area (Å²) in [6, 6.07) is 9.32. The van der Waals surface area contributed by atoms with Gasteiger partial charge >= 0.3 is 0 Å². The van der Waals surface area contributed by atoms with Gasteiger partial charge in [-0.25, -0.2) is 15.0 Å². The summed E-state index contributed by atoms with van der Waals surface area (Å²) < 4.78 is 0. The molecule has 9 heteroatoms. The molecular formula is C25H24N8O. The summed E-state index contributed by atoms with van der Waals surface area (Å²) in [5.41, 5.74) is 3.23. The first-order valence-electron chi connectivity index (χ1n) is 11.2. The van der Waals surface area contributed by atoms with E-state index in [2.05, 4.69) is 42.0 Å². The van der Waals surface area contributed by atoms with Crippen molar-refractivity contribution in [1.29, 1.82) is 0 Å². The first-order chi connectivity index (χ1) is 16.7. The van der Waals surface area contributed by atoms with E-state index in [4.69, 9.17) is 4.98 Å². The number of nitrogens with one attached hydrogen (secondary N) is 2. The zero-order chi connectivity index (χ0) is 23.3. The summed E-state index contributed by atoms with van der Waals surface area (Å²) in [6.07, 6.45) is 11.8. The van der Waals surface area contributed by atoms with Gasteiger partial charge in [0.25, 0.3) is 0 Å². The van der Waals surface area contributed by atoms with Crippen LogP contribution in [0, 0.1) is 0 Å². The summed E-state index contributed by atoms with van der Waals surface area (Å²) in [5.74, 6) is 1.13. The molecule has 9 nitrogen and oxygen atoms in total. The molecule has 0 unspecified atom stereocenters. The van der Waals surface area contributed by atoms with Crippen molar-refractivity contribution >= 4 is 40.0 Å². The number of carbonyl (C=O) groups is 1. The van der Waals surface area contributed by atoms with Crippen LogP contribution < -0.4 is 15.5 Å². The number of hydrogen-bond acceptors (Lipinski definition) is 8. The van der Waals surface area contributed by atoms with Crippen LogP contribution in [0.4, 0.5) is 23.1 Å². The topological polar surface area (TPSA) is 109 Å². The van der Waals surface area contributed by atoms with Gasteiger partial charge in [-0.2, -0.15) is 0 Å². The standard InChI is InChI=1S/C25H24N8O/c1-2-22(34)30-18-9-11-26-20(14-18)24-23-17(8-10-27-24)15-29-25(32-23)31-19-6-7-21(28-16-19)33-12-4-3-5-13-33/h2,6-11,14-16H,1,3-5,12-13H2,(H,26,30,34)(H,29,31,32). The lowest BCUT2D eigenvalue weighted by Gasteiger charge is -2.27. The van der Waals surface area contributed by atoms with E-state index >= 15 is 0 Å². The third-order valence-corrected chi connectivity index (χ3v) is 5.64. The highest BCUT2D eigenvalue weighted by Gasteiger charge is 2.13. The SMILES string of the molecule is C=CC(=O)Nc1ccnc(-c2nccc3cnc(Nc4ccc(N5CCCCC5)nc4)nc23)c1. The van der Waals surface area contributed by atoms with Crippen LogP contribution in [0.2, 0.25) is 0 Å². The van der Waals surface area contributed by atoms with E-state index in [0.29, 0.717) is 28.5 Å². The fraction of sp³-hybridized carbons (Fsp3) is 0.200. The third kappa shape index (κ3) is 4.68. The van der Waals surface area contributed by atoms with Gasteiger partial charge in [-0.3, -0.25) is 14.8 Å². The molecule has 5 heterocycles. The lowest BCUT2D eigenvalue weighted by atomic mass is 10.1. The Bertz CT molecular complexity index is 1330. The van der Waals surface area contributed by atoms with Crippen LogP contribution in [0.5, 0.6) is 0 Å². The molecule has 0 atom stereocenters. The number of amides is 1. The second-order valence-electron chi connectivity index (χ2n) is 7.99. The summed E-state index contributed by atoms with van der Waals surface area (Å²) in [5, 5.41) is 6.80. The summed E-state index contributed by atoms with van der Waals surface area (Å²) in [4.78, 5) is 36.7. The van der Waals surface area contributed by atoms with Gasteiger partial charge < -0.3 is 15.5 Å².